The zero-order valence-electron chi connectivity index (χ0n) is 9.33. The molecule has 0 aromatic heterocycles. The maximum Gasteiger partial charge on any atom is 0.401 e. The van der Waals surface area contributed by atoms with Crippen LogP contribution in [0.25, 0.3) is 0 Å². The van der Waals surface area contributed by atoms with Crippen molar-refractivity contribution in [3.05, 3.63) is 35.9 Å². The molecule has 1 aromatic rings. The van der Waals surface area contributed by atoms with E-state index >= 15 is 0 Å². The van der Waals surface area contributed by atoms with Gasteiger partial charge in [-0.2, -0.15) is 13.2 Å². The fraction of sp³-hybridized carbons (Fsp3) is 0.417. The van der Waals surface area contributed by atoms with Crippen LogP contribution in [0.3, 0.4) is 0 Å². The number of ether oxygens (including phenoxy) is 1. The van der Waals surface area contributed by atoms with Gasteiger partial charge >= 0.3 is 12.1 Å². The topological polar surface area (TPSA) is 26.3 Å². The Morgan fingerprint density at radius 1 is 1.29 bits per heavy atom. The van der Waals surface area contributed by atoms with Crippen LogP contribution in [0.1, 0.15) is 12.5 Å². The summed E-state index contributed by atoms with van der Waals surface area (Å²) in [5, 5.41) is 0. The minimum atomic E-state index is -4.54. The van der Waals surface area contributed by atoms with E-state index in [0.29, 0.717) is 6.42 Å². The first-order chi connectivity index (χ1) is 7.91. The summed E-state index contributed by atoms with van der Waals surface area (Å²) in [6.07, 6.45) is -4.12. The van der Waals surface area contributed by atoms with Gasteiger partial charge in [-0.3, -0.25) is 4.79 Å². The SMILES string of the molecule is CC(C(=O)OCCc1ccccc1)C(F)(F)F. The molecule has 0 amide bonds. The molecule has 1 unspecified atom stereocenters. The Morgan fingerprint density at radius 2 is 1.88 bits per heavy atom. The molecule has 0 N–H and O–H groups in total. The lowest BCUT2D eigenvalue weighted by Crippen LogP contribution is -2.30. The number of carbonyl (C=O) groups excluding carboxylic acids is 1. The predicted molar refractivity (Wildman–Crippen MR) is 56.3 cm³/mol. The van der Waals surface area contributed by atoms with Gasteiger partial charge < -0.3 is 4.74 Å². The van der Waals surface area contributed by atoms with Crippen molar-refractivity contribution in [1.29, 1.82) is 0 Å². The summed E-state index contributed by atoms with van der Waals surface area (Å²) in [6.45, 7) is 0.758. The minimum absolute atomic E-state index is 0.0384. The van der Waals surface area contributed by atoms with E-state index in [1.807, 2.05) is 30.3 Å². The minimum Gasteiger partial charge on any atom is -0.465 e. The lowest BCUT2D eigenvalue weighted by molar-refractivity contribution is -0.194. The molecule has 0 fully saturated rings. The third-order valence-corrected chi connectivity index (χ3v) is 2.32. The highest BCUT2D eigenvalue weighted by molar-refractivity contribution is 5.72. The van der Waals surface area contributed by atoms with Crippen LogP contribution in [0.4, 0.5) is 13.2 Å². The molecule has 1 atom stereocenters. The van der Waals surface area contributed by atoms with Gasteiger partial charge in [-0.1, -0.05) is 30.3 Å². The molecule has 0 saturated carbocycles. The van der Waals surface area contributed by atoms with Gasteiger partial charge in [0.05, 0.1) is 6.61 Å². The Balaban J connectivity index is 2.35. The van der Waals surface area contributed by atoms with E-state index in [0.717, 1.165) is 12.5 Å². The number of carbonyl (C=O) groups is 1. The molecule has 0 saturated heterocycles. The predicted octanol–water partition coefficient (Wildman–Crippen LogP) is 2.97. The van der Waals surface area contributed by atoms with E-state index in [4.69, 9.17) is 0 Å². The van der Waals surface area contributed by atoms with Crippen LogP contribution in [0, 0.1) is 5.92 Å². The first kappa shape index (κ1) is 13.5. The summed E-state index contributed by atoms with van der Waals surface area (Å²) in [5.74, 6) is -3.30. The molecule has 2 nitrogen and oxygen atoms in total. The van der Waals surface area contributed by atoms with E-state index in [2.05, 4.69) is 4.74 Å². The molecule has 5 heteroatoms. The Labute approximate surface area is 97.4 Å². The van der Waals surface area contributed by atoms with Crippen molar-refractivity contribution >= 4 is 5.97 Å². The van der Waals surface area contributed by atoms with E-state index in [1.54, 1.807) is 0 Å². The highest BCUT2D eigenvalue weighted by atomic mass is 19.4. The molecule has 0 aliphatic heterocycles. The Hall–Kier alpha value is -1.52. The third kappa shape index (κ3) is 4.46. The molecule has 0 radical (unpaired) electrons. The molecule has 1 rings (SSSR count). The molecule has 0 spiro atoms. The third-order valence-electron chi connectivity index (χ3n) is 2.32. The average Bonchev–Trinajstić information content (AvgIpc) is 2.28. The van der Waals surface area contributed by atoms with Crippen molar-refractivity contribution in [3.63, 3.8) is 0 Å². The lowest BCUT2D eigenvalue weighted by Gasteiger charge is -2.14. The fourth-order valence-corrected chi connectivity index (χ4v) is 1.17. The number of alkyl halides is 3. The van der Waals surface area contributed by atoms with Gasteiger partial charge in [-0.05, 0) is 12.5 Å². The van der Waals surface area contributed by atoms with Crippen LogP contribution < -0.4 is 0 Å². The second-order valence-corrected chi connectivity index (χ2v) is 3.67. The van der Waals surface area contributed by atoms with E-state index in [1.165, 1.54) is 0 Å². The molecule has 94 valence electrons. The molecule has 17 heavy (non-hydrogen) atoms. The maximum atomic E-state index is 12.1. The summed E-state index contributed by atoms with van der Waals surface area (Å²) >= 11 is 0. The highest BCUT2D eigenvalue weighted by Crippen LogP contribution is 2.26. The van der Waals surface area contributed by atoms with Gasteiger partial charge in [0.2, 0.25) is 0 Å². The number of benzene rings is 1. The number of hydrogen-bond acceptors (Lipinski definition) is 2. The summed E-state index contributed by atoms with van der Waals surface area (Å²) in [6, 6.07) is 9.11. The van der Waals surface area contributed by atoms with Gasteiger partial charge in [0.25, 0.3) is 0 Å². The Kier molecular flexibility index (Phi) is 4.54. The number of hydrogen-bond donors (Lipinski definition) is 0. The summed E-state index contributed by atoms with van der Waals surface area (Å²) in [7, 11) is 0. The monoisotopic (exact) mass is 246 g/mol. The quantitative estimate of drug-likeness (QED) is 0.763. The number of esters is 1. The number of halogens is 3. The van der Waals surface area contributed by atoms with Crippen LogP contribution >= 0.6 is 0 Å². The van der Waals surface area contributed by atoms with Crippen molar-refractivity contribution in [3.8, 4) is 0 Å². The average molecular weight is 246 g/mol. The largest absolute Gasteiger partial charge is 0.465 e. The van der Waals surface area contributed by atoms with Gasteiger partial charge in [0.15, 0.2) is 0 Å². The molecule has 0 heterocycles. The fourth-order valence-electron chi connectivity index (χ4n) is 1.17. The van der Waals surface area contributed by atoms with Crippen LogP contribution in [0.2, 0.25) is 0 Å². The van der Waals surface area contributed by atoms with E-state index in [-0.39, 0.29) is 6.61 Å². The normalized spacial score (nSPS) is 13.2. The second kappa shape index (κ2) is 5.70. The molecular weight excluding hydrogens is 233 g/mol. The molecule has 0 aliphatic rings. The van der Waals surface area contributed by atoms with Crippen LogP contribution in [-0.2, 0) is 16.0 Å². The number of rotatable bonds is 4. The summed E-state index contributed by atoms with van der Waals surface area (Å²) in [4.78, 5) is 11.0. The van der Waals surface area contributed by atoms with E-state index in [9.17, 15) is 18.0 Å². The van der Waals surface area contributed by atoms with Crippen LogP contribution in [-0.4, -0.2) is 18.8 Å². The zero-order chi connectivity index (χ0) is 12.9. The van der Waals surface area contributed by atoms with Crippen molar-refractivity contribution in [2.24, 2.45) is 5.92 Å². The lowest BCUT2D eigenvalue weighted by atomic mass is 10.1. The van der Waals surface area contributed by atoms with Gasteiger partial charge in [-0.25, -0.2) is 0 Å². The summed E-state index contributed by atoms with van der Waals surface area (Å²) < 4.78 is 41.0. The van der Waals surface area contributed by atoms with Crippen LogP contribution in [0.15, 0.2) is 30.3 Å². The van der Waals surface area contributed by atoms with Gasteiger partial charge in [-0.15, -0.1) is 0 Å². The maximum absolute atomic E-state index is 12.1. The molecule has 0 aliphatic carbocycles. The standard InChI is InChI=1S/C12H13F3O2/c1-9(12(13,14)15)11(16)17-8-7-10-5-3-2-4-6-10/h2-6,9H,7-8H2,1H3. The Bertz CT molecular complexity index is 360. The van der Waals surface area contributed by atoms with E-state index < -0.39 is 18.1 Å². The second-order valence-electron chi connectivity index (χ2n) is 3.67. The zero-order valence-corrected chi connectivity index (χ0v) is 9.33. The van der Waals surface area contributed by atoms with Crippen molar-refractivity contribution in [1.82, 2.24) is 0 Å². The van der Waals surface area contributed by atoms with Crippen molar-refractivity contribution in [2.45, 2.75) is 19.5 Å². The highest BCUT2D eigenvalue weighted by Gasteiger charge is 2.42. The molecular formula is C12H13F3O2. The van der Waals surface area contributed by atoms with Gasteiger partial charge in [0.1, 0.15) is 5.92 Å². The van der Waals surface area contributed by atoms with Crippen molar-refractivity contribution in [2.75, 3.05) is 6.61 Å². The van der Waals surface area contributed by atoms with Crippen LogP contribution in [0.5, 0.6) is 0 Å². The molecule has 0 bridgehead atoms. The Morgan fingerprint density at radius 3 is 2.41 bits per heavy atom. The smallest absolute Gasteiger partial charge is 0.401 e. The summed E-state index contributed by atoms with van der Waals surface area (Å²) in [5.41, 5.74) is 0.917. The van der Waals surface area contributed by atoms with Gasteiger partial charge in [0, 0.05) is 6.42 Å². The first-order valence-corrected chi connectivity index (χ1v) is 5.18. The molecule has 1 aromatic carbocycles. The first-order valence-electron chi connectivity index (χ1n) is 5.18. The van der Waals surface area contributed by atoms with Crippen molar-refractivity contribution < 1.29 is 22.7 Å².